The first-order valence-corrected chi connectivity index (χ1v) is 9.25. The summed E-state index contributed by atoms with van der Waals surface area (Å²) in [5, 5.41) is 8.15. The van der Waals surface area contributed by atoms with Crippen molar-refractivity contribution in [1.82, 2.24) is 14.8 Å². The van der Waals surface area contributed by atoms with E-state index >= 15 is 0 Å². The smallest absolute Gasteiger partial charge is 0.258 e. The number of H-pyrrole nitrogens is 1. The molecular formula is C22H18N4O2. The molecular weight excluding hydrogens is 352 g/mol. The van der Waals surface area contributed by atoms with Crippen molar-refractivity contribution < 1.29 is 4.79 Å². The predicted octanol–water partition coefficient (Wildman–Crippen LogP) is 2.95. The zero-order valence-electron chi connectivity index (χ0n) is 15.1. The Morgan fingerprint density at radius 1 is 1.00 bits per heavy atom. The van der Waals surface area contributed by atoms with Crippen molar-refractivity contribution in [3.05, 3.63) is 76.2 Å². The molecule has 2 aromatic carbocycles. The van der Waals surface area contributed by atoms with Gasteiger partial charge in [0.2, 0.25) is 0 Å². The summed E-state index contributed by atoms with van der Waals surface area (Å²) in [6.07, 6.45) is 2.34. The molecule has 1 aliphatic rings. The first kappa shape index (κ1) is 16.6. The maximum atomic E-state index is 13.3. The van der Waals surface area contributed by atoms with Crippen molar-refractivity contribution in [2.45, 2.75) is 13.0 Å². The third kappa shape index (κ3) is 2.28. The van der Waals surface area contributed by atoms with Crippen LogP contribution in [0.1, 0.15) is 22.3 Å². The molecule has 0 saturated heterocycles. The summed E-state index contributed by atoms with van der Waals surface area (Å²) in [4.78, 5) is 26.6. The molecule has 0 atom stereocenters. The van der Waals surface area contributed by atoms with E-state index in [1.54, 1.807) is 16.8 Å². The zero-order chi connectivity index (χ0) is 19.3. The number of carbonyl (C=O) groups is 1. The van der Waals surface area contributed by atoms with Crippen LogP contribution in [0.2, 0.25) is 0 Å². The quantitative estimate of drug-likeness (QED) is 0.509. The maximum Gasteiger partial charge on any atom is 0.258 e. The number of nitrogens with zero attached hydrogens (tertiary/aromatic N) is 2. The molecule has 4 aromatic rings. The zero-order valence-corrected chi connectivity index (χ0v) is 15.1. The van der Waals surface area contributed by atoms with Gasteiger partial charge in [-0.1, -0.05) is 30.3 Å². The van der Waals surface area contributed by atoms with Gasteiger partial charge in [0.05, 0.1) is 17.0 Å². The number of ketones is 1. The molecule has 5 rings (SSSR count). The van der Waals surface area contributed by atoms with Crippen LogP contribution in [0.5, 0.6) is 0 Å². The Morgan fingerprint density at radius 2 is 1.82 bits per heavy atom. The predicted molar refractivity (Wildman–Crippen MR) is 108 cm³/mol. The van der Waals surface area contributed by atoms with Gasteiger partial charge in [-0.15, -0.1) is 0 Å². The van der Waals surface area contributed by atoms with E-state index in [9.17, 15) is 9.59 Å². The highest BCUT2D eigenvalue weighted by Crippen LogP contribution is 2.40. The summed E-state index contributed by atoms with van der Waals surface area (Å²) < 4.78 is 1.71. The lowest BCUT2D eigenvalue weighted by atomic mass is 9.99. The van der Waals surface area contributed by atoms with Gasteiger partial charge in [0.25, 0.3) is 5.56 Å². The van der Waals surface area contributed by atoms with Crippen LogP contribution in [0.15, 0.2) is 59.5 Å². The Labute approximate surface area is 160 Å². The van der Waals surface area contributed by atoms with Gasteiger partial charge in [0.1, 0.15) is 0 Å². The molecule has 0 spiro atoms. The topological polar surface area (TPSA) is 93.8 Å². The highest BCUT2D eigenvalue weighted by molar-refractivity contribution is 6.26. The molecule has 0 amide bonds. The van der Waals surface area contributed by atoms with E-state index in [-0.39, 0.29) is 11.3 Å². The molecule has 2 aromatic heterocycles. The summed E-state index contributed by atoms with van der Waals surface area (Å²) in [6.45, 7) is 0.963. The minimum absolute atomic E-state index is 0.0427. The monoisotopic (exact) mass is 370 g/mol. The van der Waals surface area contributed by atoms with Crippen LogP contribution in [0.4, 0.5) is 0 Å². The molecule has 0 aliphatic heterocycles. The van der Waals surface area contributed by atoms with Crippen molar-refractivity contribution in [2.24, 2.45) is 5.73 Å². The Balaban J connectivity index is 1.88. The highest BCUT2D eigenvalue weighted by atomic mass is 16.1. The number of rotatable bonds is 4. The van der Waals surface area contributed by atoms with Crippen LogP contribution >= 0.6 is 0 Å². The van der Waals surface area contributed by atoms with Crippen molar-refractivity contribution in [3.8, 4) is 22.5 Å². The van der Waals surface area contributed by atoms with Crippen molar-refractivity contribution in [2.75, 3.05) is 6.54 Å². The van der Waals surface area contributed by atoms with Gasteiger partial charge < -0.3 is 10.3 Å². The van der Waals surface area contributed by atoms with Crippen LogP contribution in [-0.2, 0) is 6.54 Å². The Morgan fingerprint density at radius 3 is 2.57 bits per heavy atom. The fraction of sp³-hybridized carbons (Fsp3) is 0.136. The van der Waals surface area contributed by atoms with Gasteiger partial charge in [-0.2, -0.15) is 5.10 Å². The van der Waals surface area contributed by atoms with Gasteiger partial charge in [-0.05, 0) is 31.2 Å². The van der Waals surface area contributed by atoms with E-state index < -0.39 is 0 Å². The van der Waals surface area contributed by atoms with Gasteiger partial charge in [0, 0.05) is 40.2 Å². The summed E-state index contributed by atoms with van der Waals surface area (Å²) in [7, 11) is 0. The number of hydrogen-bond acceptors (Lipinski definition) is 4. The van der Waals surface area contributed by atoms with Crippen LogP contribution in [0.3, 0.4) is 0 Å². The van der Waals surface area contributed by atoms with Crippen LogP contribution in [0, 0.1) is 0 Å². The van der Waals surface area contributed by atoms with Gasteiger partial charge in [0.15, 0.2) is 5.78 Å². The van der Waals surface area contributed by atoms with Gasteiger partial charge >= 0.3 is 0 Å². The molecule has 6 heteroatoms. The van der Waals surface area contributed by atoms with Crippen molar-refractivity contribution in [3.63, 3.8) is 0 Å². The van der Waals surface area contributed by atoms with Gasteiger partial charge in [-0.25, -0.2) is 0 Å². The molecule has 28 heavy (non-hydrogen) atoms. The van der Waals surface area contributed by atoms with Crippen molar-refractivity contribution in [1.29, 1.82) is 0 Å². The molecule has 0 fully saturated rings. The average Bonchev–Trinajstić information content (AvgIpc) is 3.36. The standard InChI is InChI=1S/C22H18N4O2/c23-9-3-11-26-20-14-4-1-2-5-15(14)21(27)19(20)17-12-13(18-8-10-24-25-18)6-7-16(17)22(26)28/h1-2,4-8,10,12H,3,9,11,23H2,(H,24,25). The van der Waals surface area contributed by atoms with Gasteiger partial charge in [-0.3, -0.25) is 14.7 Å². The van der Waals surface area contributed by atoms with E-state index in [0.717, 1.165) is 16.8 Å². The number of aromatic nitrogens is 3. The SMILES string of the molecule is NCCCn1c2c(c3cc(-c4ccn[nH]4)ccc3c1=O)C(=O)c1ccccc1-2. The van der Waals surface area contributed by atoms with E-state index in [4.69, 9.17) is 5.73 Å². The lowest BCUT2D eigenvalue weighted by Crippen LogP contribution is -2.24. The summed E-state index contributed by atoms with van der Waals surface area (Å²) >= 11 is 0. The summed E-state index contributed by atoms with van der Waals surface area (Å²) in [6, 6.07) is 14.9. The Hall–Kier alpha value is -3.51. The third-order valence-corrected chi connectivity index (χ3v) is 5.32. The molecule has 0 saturated carbocycles. The normalized spacial score (nSPS) is 12.4. The minimum atomic E-state index is -0.0946. The van der Waals surface area contributed by atoms with Crippen LogP contribution in [0.25, 0.3) is 33.3 Å². The van der Waals surface area contributed by atoms with E-state index in [2.05, 4.69) is 10.2 Å². The first-order chi connectivity index (χ1) is 13.7. The molecule has 0 radical (unpaired) electrons. The Bertz CT molecular complexity index is 1290. The fourth-order valence-corrected chi connectivity index (χ4v) is 4.03. The summed E-state index contributed by atoms with van der Waals surface area (Å²) in [5.41, 5.74) is 10.1. The molecule has 1 aliphatic carbocycles. The second-order valence-electron chi connectivity index (χ2n) is 6.93. The molecule has 0 bridgehead atoms. The molecule has 6 nitrogen and oxygen atoms in total. The largest absolute Gasteiger partial charge is 0.330 e. The number of hydrogen-bond donors (Lipinski definition) is 2. The molecule has 3 N–H and O–H groups in total. The highest BCUT2D eigenvalue weighted by Gasteiger charge is 2.32. The number of aromatic amines is 1. The number of nitrogens with one attached hydrogen (secondary N) is 1. The average molecular weight is 370 g/mol. The number of fused-ring (bicyclic) bond motifs is 5. The van der Waals surface area contributed by atoms with E-state index in [1.165, 1.54) is 0 Å². The van der Waals surface area contributed by atoms with Crippen LogP contribution < -0.4 is 11.3 Å². The van der Waals surface area contributed by atoms with E-state index in [0.29, 0.717) is 47.1 Å². The summed E-state index contributed by atoms with van der Waals surface area (Å²) in [5.74, 6) is -0.0427. The van der Waals surface area contributed by atoms with E-state index in [1.807, 2.05) is 42.5 Å². The minimum Gasteiger partial charge on any atom is -0.330 e. The van der Waals surface area contributed by atoms with Crippen molar-refractivity contribution >= 4 is 16.6 Å². The second kappa shape index (κ2) is 6.28. The third-order valence-electron chi connectivity index (χ3n) is 5.32. The number of pyridine rings is 1. The van der Waals surface area contributed by atoms with Crippen LogP contribution in [-0.4, -0.2) is 27.1 Å². The fourth-order valence-electron chi connectivity index (χ4n) is 4.03. The lowest BCUT2D eigenvalue weighted by Gasteiger charge is -2.15. The molecule has 138 valence electrons. The number of benzene rings is 2. The lowest BCUT2D eigenvalue weighted by molar-refractivity contribution is 0.104. The number of nitrogens with two attached hydrogens (primary N) is 1. The first-order valence-electron chi connectivity index (χ1n) is 9.25. The second-order valence-corrected chi connectivity index (χ2v) is 6.93. The molecule has 0 unspecified atom stereocenters. The maximum absolute atomic E-state index is 13.3. The Kier molecular flexibility index (Phi) is 3.74. The number of carbonyl (C=O) groups excluding carboxylic acids is 1. The molecule has 2 heterocycles.